The summed E-state index contributed by atoms with van der Waals surface area (Å²) >= 11 is 14.8. The molecule has 0 aliphatic carbocycles. The first-order chi connectivity index (χ1) is 5.66. The number of hydrogen-bond donors (Lipinski definition) is 0. The molecule has 0 bridgehead atoms. The maximum absolute atomic E-state index is 7.13. The van der Waals surface area contributed by atoms with Crippen molar-refractivity contribution >= 4 is 50.5 Å². The van der Waals surface area contributed by atoms with Crippen molar-refractivity contribution in [2.45, 2.75) is 0 Å². The summed E-state index contributed by atoms with van der Waals surface area (Å²) < 4.78 is 0. The van der Waals surface area contributed by atoms with Crippen LogP contribution in [-0.2, 0) is 50.5 Å². The smallest absolute Gasteiger partial charge is 0.696 e. The van der Waals surface area contributed by atoms with E-state index >= 15 is 0 Å². The van der Waals surface area contributed by atoms with Crippen LogP contribution >= 0.6 is 0 Å². The van der Waals surface area contributed by atoms with E-state index in [0.29, 0.717) is 0 Å². The van der Waals surface area contributed by atoms with E-state index in [1.807, 2.05) is 0 Å². The molecule has 0 rings (SSSR count). The van der Waals surface area contributed by atoms with Crippen LogP contribution in [0, 0.1) is 42.7 Å². The van der Waals surface area contributed by atoms with E-state index in [9.17, 15) is 0 Å². The van der Waals surface area contributed by atoms with Gasteiger partial charge < -0.3 is 50.5 Å². The fourth-order valence-corrected chi connectivity index (χ4v) is 0. The zero-order valence-corrected chi connectivity index (χ0v) is 20.7. The normalized spacial score (nSPS) is 1.75. The van der Waals surface area contributed by atoms with Gasteiger partial charge in [-0.25, -0.2) is 21.0 Å². The number of hydrogen-bond acceptors (Lipinski definition) is 8. The third kappa shape index (κ3) is 524. The van der Waals surface area contributed by atoms with Crippen LogP contribution in [-0.4, -0.2) is 0 Å². The molecule has 0 unspecified atom stereocenters. The molecular formula is C4N4Na4S4. The molecule has 0 heterocycles. The van der Waals surface area contributed by atoms with Crippen LogP contribution in [0.3, 0.4) is 0 Å². The summed E-state index contributed by atoms with van der Waals surface area (Å²) in [6.45, 7) is 0. The summed E-state index contributed by atoms with van der Waals surface area (Å²) in [6, 6.07) is 0. The summed E-state index contributed by atoms with van der Waals surface area (Å²) in [5.74, 6) is 0. The summed E-state index contributed by atoms with van der Waals surface area (Å²) in [5, 5.41) is 33.9. The van der Waals surface area contributed by atoms with Crippen molar-refractivity contribution < 1.29 is 118 Å². The van der Waals surface area contributed by atoms with Gasteiger partial charge >= 0.3 is 118 Å². The summed E-state index contributed by atoms with van der Waals surface area (Å²) in [4.78, 5) is 0. The van der Waals surface area contributed by atoms with Crippen molar-refractivity contribution in [1.82, 2.24) is 0 Å². The molecule has 0 radical (unpaired) electrons. The van der Waals surface area contributed by atoms with Gasteiger partial charge in [0.15, 0.2) is 0 Å². The van der Waals surface area contributed by atoms with Crippen molar-refractivity contribution in [2.24, 2.45) is 0 Å². The first kappa shape index (κ1) is 51.0. The Kier molecular flexibility index (Phi) is 345. The molecule has 0 aromatic carbocycles. The van der Waals surface area contributed by atoms with Gasteiger partial charge in [-0.15, -0.1) is 0 Å². The maximum Gasteiger partial charge on any atom is 1.00 e. The Hall–Kier alpha value is 2.84. The van der Waals surface area contributed by atoms with Crippen molar-refractivity contribution in [2.75, 3.05) is 0 Å². The van der Waals surface area contributed by atoms with Gasteiger partial charge in [0.1, 0.15) is 0 Å². The third-order valence-electron chi connectivity index (χ3n) is 0. The molecule has 0 aliphatic rings. The Morgan fingerprint density at radius 2 is 0.438 bits per heavy atom. The molecular weight excluding hydrogens is 324 g/mol. The SMILES string of the molecule is N#C[S-].N#C[S-].N#C[S-].N#C[S-].[Na+].[Na+].[Na+].[Na+]. The van der Waals surface area contributed by atoms with Crippen LogP contribution in [0.2, 0.25) is 0 Å². The quantitative estimate of drug-likeness (QED) is 0.246. The second-order valence-electron chi connectivity index (χ2n) is 0.365. The predicted molar refractivity (Wildman–Crippen MR) is 51.9 cm³/mol. The first-order valence-corrected chi connectivity index (χ1v) is 3.34. The van der Waals surface area contributed by atoms with Gasteiger partial charge in [0.25, 0.3) is 0 Å². The molecule has 16 heavy (non-hydrogen) atoms. The summed E-state index contributed by atoms with van der Waals surface area (Å²) in [6.07, 6.45) is 0. The number of nitrogens with zero attached hydrogens (tertiary/aromatic N) is 4. The Labute approximate surface area is 207 Å². The van der Waals surface area contributed by atoms with Crippen LogP contribution in [0.1, 0.15) is 0 Å². The summed E-state index contributed by atoms with van der Waals surface area (Å²) in [5.41, 5.74) is 0. The standard InChI is InChI=1S/4CHNS.4Na/c4*2-1-3;;;;/h4*3H;;;;/q;;;;4*+1/p-4. The van der Waals surface area contributed by atoms with Gasteiger partial charge in [0.2, 0.25) is 0 Å². The van der Waals surface area contributed by atoms with Crippen molar-refractivity contribution in [1.29, 1.82) is 21.0 Å². The Morgan fingerprint density at radius 1 is 0.438 bits per heavy atom. The van der Waals surface area contributed by atoms with Gasteiger partial charge in [0, 0.05) is 0 Å². The summed E-state index contributed by atoms with van der Waals surface area (Å²) in [7, 11) is 0. The molecule has 0 saturated carbocycles. The molecule has 0 spiro atoms. The minimum atomic E-state index is 0. The molecule has 0 amide bonds. The zero-order valence-electron chi connectivity index (χ0n) is 9.42. The average molecular weight is 324 g/mol. The fourth-order valence-electron chi connectivity index (χ4n) is 0. The number of rotatable bonds is 0. The van der Waals surface area contributed by atoms with Gasteiger partial charge in [-0.2, -0.15) is 0 Å². The minimum Gasteiger partial charge on any atom is -0.696 e. The second kappa shape index (κ2) is 108. The molecule has 0 aromatic rings. The van der Waals surface area contributed by atoms with Crippen LogP contribution in [0.15, 0.2) is 0 Å². The molecule has 64 valence electrons. The molecule has 0 saturated heterocycles. The Balaban J connectivity index is -0.00000000821. The fraction of sp³-hybridized carbons (Fsp3) is 0. The van der Waals surface area contributed by atoms with E-state index in [-0.39, 0.29) is 118 Å². The predicted octanol–water partition coefficient (Wildman–Crippen LogP) is -11.9. The van der Waals surface area contributed by atoms with E-state index in [1.54, 1.807) is 0 Å². The van der Waals surface area contributed by atoms with Crippen molar-refractivity contribution in [3.8, 4) is 21.6 Å². The molecule has 0 N–H and O–H groups in total. The van der Waals surface area contributed by atoms with Gasteiger partial charge in [-0.1, -0.05) is 21.6 Å². The monoisotopic (exact) mass is 324 g/mol. The Morgan fingerprint density at radius 3 is 0.438 bits per heavy atom. The zero-order chi connectivity index (χ0) is 10.8. The van der Waals surface area contributed by atoms with Crippen molar-refractivity contribution in [3.63, 3.8) is 0 Å². The van der Waals surface area contributed by atoms with Crippen LogP contribution < -0.4 is 118 Å². The molecule has 0 atom stereocenters. The minimum absolute atomic E-state index is 0. The number of nitriles is 4. The molecule has 0 aromatic heterocycles. The largest absolute Gasteiger partial charge is 1.00 e. The molecule has 0 aliphatic heterocycles. The first-order valence-electron chi connectivity index (χ1n) is 1.71. The average Bonchev–Trinajstić information content (AvgIpc) is 1.92. The number of thiocyanates is 4. The van der Waals surface area contributed by atoms with E-state index in [1.165, 1.54) is 21.6 Å². The Bertz CT molecular complexity index is 166. The van der Waals surface area contributed by atoms with E-state index in [0.717, 1.165) is 0 Å². The van der Waals surface area contributed by atoms with Gasteiger partial charge in [-0.05, 0) is 0 Å². The van der Waals surface area contributed by atoms with Crippen molar-refractivity contribution in [3.05, 3.63) is 0 Å². The van der Waals surface area contributed by atoms with E-state index in [2.05, 4.69) is 50.5 Å². The topological polar surface area (TPSA) is 95.2 Å². The van der Waals surface area contributed by atoms with Gasteiger partial charge in [0.05, 0.1) is 0 Å². The van der Waals surface area contributed by atoms with Crippen LogP contribution in [0.4, 0.5) is 0 Å². The second-order valence-corrected chi connectivity index (χ2v) is 1.10. The molecule has 4 nitrogen and oxygen atoms in total. The third-order valence-corrected chi connectivity index (χ3v) is 0. The van der Waals surface area contributed by atoms with Crippen LogP contribution in [0.25, 0.3) is 0 Å². The molecule has 12 heteroatoms. The maximum atomic E-state index is 7.13. The van der Waals surface area contributed by atoms with E-state index < -0.39 is 0 Å². The van der Waals surface area contributed by atoms with Crippen LogP contribution in [0.5, 0.6) is 0 Å². The van der Waals surface area contributed by atoms with E-state index in [4.69, 9.17) is 21.0 Å². The molecule has 0 fully saturated rings. The van der Waals surface area contributed by atoms with Gasteiger partial charge in [-0.3, -0.25) is 0 Å².